The van der Waals surface area contributed by atoms with Gasteiger partial charge in [0.05, 0.1) is 0 Å². The smallest absolute Gasteiger partial charge is 0.126 e. The number of nitrogens with zero attached hydrogens (tertiary/aromatic N) is 1. The maximum Gasteiger partial charge on any atom is 0.126 e. The Bertz CT molecular complexity index is 500. The lowest BCUT2D eigenvalue weighted by atomic mass is 10.2. The molecule has 2 aromatic rings. The van der Waals surface area contributed by atoms with Gasteiger partial charge >= 0.3 is 0 Å². The van der Waals surface area contributed by atoms with Crippen molar-refractivity contribution in [1.29, 1.82) is 0 Å². The zero-order chi connectivity index (χ0) is 12.1. The van der Waals surface area contributed by atoms with E-state index in [0.717, 1.165) is 16.9 Å². The highest BCUT2D eigenvalue weighted by Crippen LogP contribution is 2.17. The van der Waals surface area contributed by atoms with Crippen LogP contribution in [0, 0.1) is 0 Å². The monoisotopic (exact) mass is 229 g/mol. The minimum Gasteiger partial charge on any atom is -0.508 e. The summed E-state index contributed by atoms with van der Waals surface area (Å²) in [5, 5.41) is 12.8. The molecule has 1 aromatic heterocycles. The Balaban J connectivity index is 2.05. The third kappa shape index (κ3) is 2.95. The summed E-state index contributed by atoms with van der Waals surface area (Å²) in [6.07, 6.45) is 1.72. The van der Waals surface area contributed by atoms with Crippen molar-refractivity contribution in [2.45, 2.75) is 13.1 Å². The van der Waals surface area contributed by atoms with Crippen LogP contribution in [0.4, 0.5) is 5.82 Å². The summed E-state index contributed by atoms with van der Waals surface area (Å²) >= 11 is 0. The van der Waals surface area contributed by atoms with Crippen LogP contribution in [-0.2, 0) is 13.1 Å². The molecule has 1 aromatic carbocycles. The van der Waals surface area contributed by atoms with Gasteiger partial charge in [0.2, 0.25) is 0 Å². The highest BCUT2D eigenvalue weighted by molar-refractivity contribution is 5.40. The lowest BCUT2D eigenvalue weighted by molar-refractivity contribution is 0.469. The van der Waals surface area contributed by atoms with E-state index in [2.05, 4.69) is 10.3 Å². The first-order valence-corrected chi connectivity index (χ1v) is 5.45. The first-order valence-electron chi connectivity index (χ1n) is 5.45. The Morgan fingerprint density at radius 3 is 2.82 bits per heavy atom. The average Bonchev–Trinajstić information content (AvgIpc) is 2.38. The van der Waals surface area contributed by atoms with E-state index < -0.39 is 0 Å². The Labute approximate surface area is 100 Å². The molecule has 4 heteroatoms. The molecule has 0 atom stereocenters. The number of phenols is 1. The molecule has 0 amide bonds. The number of hydrogen-bond donors (Lipinski definition) is 3. The van der Waals surface area contributed by atoms with E-state index in [1.807, 2.05) is 24.3 Å². The van der Waals surface area contributed by atoms with E-state index in [9.17, 15) is 5.11 Å². The molecule has 2 rings (SSSR count). The quantitative estimate of drug-likeness (QED) is 0.748. The summed E-state index contributed by atoms with van der Waals surface area (Å²) in [6, 6.07) is 11.0. The lowest BCUT2D eigenvalue weighted by Gasteiger charge is -2.08. The molecule has 0 aliphatic carbocycles. The Kier molecular flexibility index (Phi) is 3.57. The van der Waals surface area contributed by atoms with E-state index in [4.69, 9.17) is 5.73 Å². The molecule has 0 saturated heterocycles. The molecule has 1 heterocycles. The molecule has 88 valence electrons. The van der Waals surface area contributed by atoms with Gasteiger partial charge in [-0.15, -0.1) is 0 Å². The van der Waals surface area contributed by atoms with E-state index in [1.165, 1.54) is 0 Å². The van der Waals surface area contributed by atoms with Crippen molar-refractivity contribution in [2.75, 3.05) is 5.32 Å². The van der Waals surface area contributed by atoms with Crippen LogP contribution in [0.5, 0.6) is 5.75 Å². The third-order valence-corrected chi connectivity index (χ3v) is 2.51. The number of para-hydroxylation sites is 1. The maximum absolute atomic E-state index is 9.61. The van der Waals surface area contributed by atoms with Gasteiger partial charge < -0.3 is 16.2 Å². The molecule has 4 nitrogen and oxygen atoms in total. The summed E-state index contributed by atoms with van der Waals surface area (Å²) in [7, 11) is 0. The molecule has 0 fully saturated rings. The van der Waals surface area contributed by atoms with Gasteiger partial charge in [0, 0.05) is 24.8 Å². The van der Waals surface area contributed by atoms with E-state index in [-0.39, 0.29) is 5.75 Å². The number of anilines is 1. The van der Waals surface area contributed by atoms with Gasteiger partial charge in [0.25, 0.3) is 0 Å². The number of aromatic nitrogens is 1. The first kappa shape index (κ1) is 11.4. The summed E-state index contributed by atoms with van der Waals surface area (Å²) in [4.78, 5) is 4.18. The number of aromatic hydroxyl groups is 1. The van der Waals surface area contributed by atoms with Crippen LogP contribution in [0.3, 0.4) is 0 Å². The van der Waals surface area contributed by atoms with Crippen LogP contribution in [-0.4, -0.2) is 10.1 Å². The van der Waals surface area contributed by atoms with Gasteiger partial charge in [-0.25, -0.2) is 4.98 Å². The molecular formula is C13H15N3O. The van der Waals surface area contributed by atoms with Crippen LogP contribution in [0.1, 0.15) is 11.1 Å². The first-order chi connectivity index (χ1) is 8.29. The SMILES string of the molecule is NCc1ccnc(NCc2ccccc2O)c1. The fraction of sp³-hybridized carbons (Fsp3) is 0.154. The standard InChI is InChI=1S/C13H15N3O/c14-8-10-5-6-15-13(7-10)16-9-11-3-1-2-4-12(11)17/h1-7,17H,8-9,14H2,(H,15,16). The number of phenolic OH excluding ortho intramolecular Hbond substituents is 1. The average molecular weight is 229 g/mol. The van der Waals surface area contributed by atoms with Crippen LogP contribution < -0.4 is 11.1 Å². The highest BCUT2D eigenvalue weighted by Gasteiger charge is 2.00. The molecule has 0 saturated carbocycles. The molecule has 4 N–H and O–H groups in total. The van der Waals surface area contributed by atoms with Gasteiger partial charge in [-0.3, -0.25) is 0 Å². The minimum atomic E-state index is 0.287. The number of benzene rings is 1. The molecule has 17 heavy (non-hydrogen) atoms. The zero-order valence-corrected chi connectivity index (χ0v) is 9.43. The second-order valence-corrected chi connectivity index (χ2v) is 3.74. The zero-order valence-electron chi connectivity index (χ0n) is 9.43. The van der Waals surface area contributed by atoms with Crippen molar-refractivity contribution < 1.29 is 5.11 Å². The van der Waals surface area contributed by atoms with Crippen LogP contribution in [0.25, 0.3) is 0 Å². The second kappa shape index (κ2) is 5.32. The second-order valence-electron chi connectivity index (χ2n) is 3.74. The summed E-state index contributed by atoms with van der Waals surface area (Å²) in [5.74, 6) is 1.05. The number of pyridine rings is 1. The van der Waals surface area contributed by atoms with E-state index >= 15 is 0 Å². The fourth-order valence-corrected chi connectivity index (χ4v) is 1.54. The highest BCUT2D eigenvalue weighted by atomic mass is 16.3. The van der Waals surface area contributed by atoms with Gasteiger partial charge in [-0.05, 0) is 23.8 Å². The summed E-state index contributed by atoms with van der Waals surface area (Å²) < 4.78 is 0. The fourth-order valence-electron chi connectivity index (χ4n) is 1.54. The summed E-state index contributed by atoms with van der Waals surface area (Å²) in [5.41, 5.74) is 7.42. The predicted octanol–water partition coefficient (Wildman–Crippen LogP) is 1.86. The minimum absolute atomic E-state index is 0.287. The van der Waals surface area contributed by atoms with Crippen molar-refractivity contribution in [1.82, 2.24) is 4.98 Å². The van der Waals surface area contributed by atoms with Crippen LogP contribution in [0.2, 0.25) is 0 Å². The molecule has 0 unspecified atom stereocenters. The Hall–Kier alpha value is -2.07. The van der Waals surface area contributed by atoms with Gasteiger partial charge in [-0.2, -0.15) is 0 Å². The topological polar surface area (TPSA) is 71.2 Å². The Morgan fingerprint density at radius 2 is 2.06 bits per heavy atom. The van der Waals surface area contributed by atoms with Crippen LogP contribution in [0.15, 0.2) is 42.6 Å². The van der Waals surface area contributed by atoms with E-state index in [0.29, 0.717) is 13.1 Å². The van der Waals surface area contributed by atoms with E-state index in [1.54, 1.807) is 18.3 Å². The van der Waals surface area contributed by atoms with Crippen molar-refractivity contribution in [2.24, 2.45) is 5.73 Å². The number of nitrogens with one attached hydrogen (secondary N) is 1. The van der Waals surface area contributed by atoms with Crippen molar-refractivity contribution >= 4 is 5.82 Å². The molecular weight excluding hydrogens is 214 g/mol. The molecule has 0 aliphatic heterocycles. The third-order valence-electron chi connectivity index (χ3n) is 2.51. The predicted molar refractivity (Wildman–Crippen MR) is 67.6 cm³/mol. The van der Waals surface area contributed by atoms with Crippen molar-refractivity contribution in [3.8, 4) is 5.75 Å². The van der Waals surface area contributed by atoms with Gasteiger partial charge in [-0.1, -0.05) is 18.2 Å². The largest absolute Gasteiger partial charge is 0.508 e. The van der Waals surface area contributed by atoms with Crippen molar-refractivity contribution in [3.63, 3.8) is 0 Å². The maximum atomic E-state index is 9.61. The molecule has 0 aliphatic rings. The van der Waals surface area contributed by atoms with Crippen molar-refractivity contribution in [3.05, 3.63) is 53.7 Å². The van der Waals surface area contributed by atoms with Gasteiger partial charge in [0.15, 0.2) is 0 Å². The normalized spacial score (nSPS) is 10.2. The number of hydrogen-bond acceptors (Lipinski definition) is 4. The number of rotatable bonds is 4. The Morgan fingerprint density at radius 1 is 1.24 bits per heavy atom. The lowest BCUT2D eigenvalue weighted by Crippen LogP contribution is -2.03. The summed E-state index contributed by atoms with van der Waals surface area (Å²) in [6.45, 7) is 1.03. The molecule has 0 bridgehead atoms. The molecule has 0 spiro atoms. The number of nitrogens with two attached hydrogens (primary N) is 1. The molecule has 0 radical (unpaired) electrons. The van der Waals surface area contributed by atoms with Gasteiger partial charge in [0.1, 0.15) is 11.6 Å². The van der Waals surface area contributed by atoms with Crippen LogP contribution >= 0.6 is 0 Å².